The molecule has 4 N–H and O–H groups in total. The Kier molecular flexibility index (Phi) is 18.4. The third kappa shape index (κ3) is 14.1. The average molecular weight is 854 g/mol. The summed E-state index contributed by atoms with van der Waals surface area (Å²) in [6, 6.07) is 12.0. The summed E-state index contributed by atoms with van der Waals surface area (Å²) >= 11 is 0. The van der Waals surface area contributed by atoms with Gasteiger partial charge in [-0.3, -0.25) is 20.3 Å². The maximum atomic E-state index is 14.2. The fourth-order valence-electron chi connectivity index (χ4n) is 6.42. The standard InChI is InChI=1S/C47H59N5O10/c1-8-12-13-14-23-60-46(57)52-42(48)34-19-17-31(18-20-34)25-39(53)37-26-33(10-3)29(6)24-36(37)35-21-22-38(43(54)49-27-32-15-16-32)50-41(35)45(56)61-30(7)62-47(58)51-40(28(5)9-2)44(55)59-11-4/h10,17-22,24,26,28,30,32,40H,3,8-9,11-16,23,25,27H2,1-2,4-7H3,(H,49,54)(H,51,58)(H2,48,52,57)/t28-,30?,40-/m0/s1. The first-order chi connectivity index (χ1) is 29.7. The molecule has 0 bridgehead atoms. The van der Waals surface area contributed by atoms with Gasteiger partial charge in [-0.05, 0) is 85.4 Å². The molecule has 332 valence electrons. The summed E-state index contributed by atoms with van der Waals surface area (Å²) < 4.78 is 21.2. The first-order valence-corrected chi connectivity index (χ1v) is 21.3. The van der Waals surface area contributed by atoms with Crippen LogP contribution < -0.4 is 16.0 Å². The fourth-order valence-corrected chi connectivity index (χ4v) is 6.42. The summed E-state index contributed by atoms with van der Waals surface area (Å²) in [5, 5.41) is 16.1. The number of amidine groups is 1. The van der Waals surface area contributed by atoms with Crippen molar-refractivity contribution in [3.05, 3.63) is 94.3 Å². The highest BCUT2D eigenvalue weighted by Gasteiger charge is 2.30. The number of benzene rings is 2. The van der Waals surface area contributed by atoms with Crippen molar-refractivity contribution in [2.24, 2.45) is 11.8 Å². The van der Waals surface area contributed by atoms with E-state index in [9.17, 15) is 28.8 Å². The average Bonchev–Trinajstić information content (AvgIpc) is 4.09. The molecular formula is C47H59N5O10. The molecule has 2 aromatic carbocycles. The second-order valence-corrected chi connectivity index (χ2v) is 15.3. The number of pyridine rings is 1. The minimum absolute atomic E-state index is 0.0637. The number of esters is 2. The molecule has 1 saturated carbocycles. The number of aryl methyl sites for hydroxylation is 1. The van der Waals surface area contributed by atoms with Crippen LogP contribution in [0.2, 0.25) is 0 Å². The van der Waals surface area contributed by atoms with Crippen LogP contribution in [0.1, 0.15) is 133 Å². The van der Waals surface area contributed by atoms with Gasteiger partial charge in [-0.2, -0.15) is 0 Å². The maximum absolute atomic E-state index is 14.2. The van der Waals surface area contributed by atoms with Crippen LogP contribution in [0.3, 0.4) is 0 Å². The number of rotatable bonds is 22. The lowest BCUT2D eigenvalue weighted by atomic mass is 9.89. The Labute approximate surface area is 363 Å². The van der Waals surface area contributed by atoms with Crippen molar-refractivity contribution in [3.8, 4) is 11.1 Å². The Bertz CT molecular complexity index is 2110. The van der Waals surface area contributed by atoms with Crippen molar-refractivity contribution < 1.29 is 47.7 Å². The Balaban J connectivity index is 1.60. The van der Waals surface area contributed by atoms with E-state index in [0.29, 0.717) is 41.1 Å². The van der Waals surface area contributed by atoms with Crippen molar-refractivity contribution in [2.75, 3.05) is 19.8 Å². The maximum Gasteiger partial charge on any atom is 0.412 e. The number of aromatic nitrogens is 1. The van der Waals surface area contributed by atoms with Gasteiger partial charge in [0.15, 0.2) is 11.5 Å². The van der Waals surface area contributed by atoms with E-state index in [-0.39, 0.29) is 59.7 Å². The second-order valence-electron chi connectivity index (χ2n) is 15.3. The molecule has 1 unspecified atom stereocenters. The molecule has 15 heteroatoms. The third-order valence-corrected chi connectivity index (χ3v) is 10.4. The molecule has 3 amide bonds. The number of carbonyl (C=O) groups is 6. The number of nitrogens with zero attached hydrogens (tertiary/aromatic N) is 1. The smallest absolute Gasteiger partial charge is 0.412 e. The van der Waals surface area contributed by atoms with Crippen LogP contribution in [0, 0.1) is 24.2 Å². The molecule has 1 heterocycles. The fraction of sp³-hybridized carbons (Fsp3) is 0.447. The van der Waals surface area contributed by atoms with Crippen molar-refractivity contribution >= 4 is 47.7 Å². The molecule has 0 radical (unpaired) electrons. The van der Waals surface area contributed by atoms with Gasteiger partial charge in [0.25, 0.3) is 5.91 Å². The van der Waals surface area contributed by atoms with Crippen molar-refractivity contribution in [3.63, 3.8) is 0 Å². The number of Topliss-reactive ketones (excluding diaryl/α,β-unsaturated/α-hetero) is 1. The van der Waals surface area contributed by atoms with E-state index >= 15 is 0 Å². The summed E-state index contributed by atoms with van der Waals surface area (Å²) in [5.74, 6) is -2.56. The van der Waals surface area contributed by atoms with Crippen LogP contribution in [-0.4, -0.2) is 78.7 Å². The van der Waals surface area contributed by atoms with Gasteiger partial charge < -0.3 is 29.6 Å². The van der Waals surface area contributed by atoms with Gasteiger partial charge >= 0.3 is 24.1 Å². The van der Waals surface area contributed by atoms with E-state index in [4.69, 9.17) is 24.4 Å². The molecule has 1 fully saturated rings. The summed E-state index contributed by atoms with van der Waals surface area (Å²) in [5.41, 5.74) is 2.79. The van der Waals surface area contributed by atoms with Gasteiger partial charge in [-0.1, -0.05) is 89.4 Å². The zero-order valence-electron chi connectivity index (χ0n) is 36.5. The van der Waals surface area contributed by atoms with Gasteiger partial charge in [0.05, 0.1) is 13.2 Å². The van der Waals surface area contributed by atoms with E-state index in [0.717, 1.165) is 44.1 Å². The molecule has 1 aromatic heterocycles. The molecule has 62 heavy (non-hydrogen) atoms. The monoisotopic (exact) mass is 853 g/mol. The number of nitrogens with one attached hydrogen (secondary N) is 4. The molecule has 0 spiro atoms. The first-order valence-electron chi connectivity index (χ1n) is 21.3. The number of unbranched alkanes of at least 4 members (excludes halogenated alkanes) is 3. The Morgan fingerprint density at radius 2 is 1.63 bits per heavy atom. The highest BCUT2D eigenvalue weighted by Crippen LogP contribution is 2.32. The van der Waals surface area contributed by atoms with Gasteiger partial charge in [0.1, 0.15) is 17.6 Å². The highest BCUT2D eigenvalue weighted by molar-refractivity contribution is 6.08. The van der Waals surface area contributed by atoms with Crippen molar-refractivity contribution in [2.45, 2.75) is 105 Å². The Morgan fingerprint density at radius 1 is 0.903 bits per heavy atom. The Morgan fingerprint density at radius 3 is 2.27 bits per heavy atom. The Hall–Kier alpha value is -6.38. The molecular weight excluding hydrogens is 795 g/mol. The van der Waals surface area contributed by atoms with Crippen LogP contribution in [0.4, 0.5) is 9.59 Å². The second kappa shape index (κ2) is 23.6. The van der Waals surface area contributed by atoms with Gasteiger partial charge in [-0.25, -0.2) is 24.2 Å². The van der Waals surface area contributed by atoms with Gasteiger partial charge in [-0.15, -0.1) is 0 Å². The van der Waals surface area contributed by atoms with Crippen LogP contribution in [-0.2, 0) is 30.2 Å². The number of alkyl carbamates (subject to hydrolysis) is 2. The number of amides is 3. The predicted octanol–water partition coefficient (Wildman–Crippen LogP) is 8.10. The minimum atomic E-state index is -1.48. The molecule has 1 aliphatic carbocycles. The topological polar surface area (TPSA) is 212 Å². The zero-order chi connectivity index (χ0) is 45.3. The number of hydrogen-bond donors (Lipinski definition) is 4. The van der Waals surface area contributed by atoms with E-state index in [2.05, 4.69) is 34.4 Å². The lowest BCUT2D eigenvalue weighted by Crippen LogP contribution is -2.47. The lowest BCUT2D eigenvalue weighted by Gasteiger charge is -2.23. The molecule has 1 aliphatic rings. The summed E-state index contributed by atoms with van der Waals surface area (Å²) in [4.78, 5) is 83.6. The number of ketones is 1. The first kappa shape index (κ1) is 48.3. The molecule has 0 aliphatic heterocycles. The molecule has 0 saturated heterocycles. The van der Waals surface area contributed by atoms with E-state index in [1.54, 1.807) is 56.3 Å². The number of ether oxygens (including phenoxy) is 4. The van der Waals surface area contributed by atoms with Crippen LogP contribution in [0.5, 0.6) is 0 Å². The predicted molar refractivity (Wildman–Crippen MR) is 234 cm³/mol. The minimum Gasteiger partial charge on any atom is -0.464 e. The summed E-state index contributed by atoms with van der Waals surface area (Å²) in [6.45, 7) is 15.2. The van der Waals surface area contributed by atoms with Crippen LogP contribution in [0.15, 0.2) is 55.1 Å². The third-order valence-electron chi connectivity index (χ3n) is 10.4. The van der Waals surface area contributed by atoms with E-state index in [1.165, 1.54) is 19.1 Å². The van der Waals surface area contributed by atoms with E-state index < -0.39 is 42.4 Å². The highest BCUT2D eigenvalue weighted by atomic mass is 16.7. The van der Waals surface area contributed by atoms with Gasteiger partial charge in [0, 0.05) is 36.6 Å². The summed E-state index contributed by atoms with van der Waals surface area (Å²) in [6.07, 6.45) is 4.69. The number of carbonyl (C=O) groups excluding carboxylic acids is 6. The molecule has 3 aromatic rings. The largest absolute Gasteiger partial charge is 0.464 e. The van der Waals surface area contributed by atoms with Crippen LogP contribution >= 0.6 is 0 Å². The SMILES string of the molecule is C=Cc1cc(C(=O)Cc2ccc(C(=N)NC(=O)OCCCCCC)cc2)c(-c2ccc(C(=O)NCC3CC3)nc2C(=O)OC(C)OC(=O)N[C@H](C(=O)OCC)[C@@H](C)CC)cc1C. The zero-order valence-corrected chi connectivity index (χ0v) is 36.5. The molecule has 4 rings (SSSR count). The van der Waals surface area contributed by atoms with Crippen molar-refractivity contribution in [1.29, 1.82) is 5.41 Å². The quantitative estimate of drug-likeness (QED) is 0.0144. The van der Waals surface area contributed by atoms with Crippen LogP contribution in [0.25, 0.3) is 17.2 Å². The molecule has 15 nitrogen and oxygen atoms in total. The normalized spacial score (nSPS) is 13.4. The van der Waals surface area contributed by atoms with Crippen molar-refractivity contribution in [1.82, 2.24) is 20.9 Å². The lowest BCUT2D eigenvalue weighted by molar-refractivity contribution is -0.147. The summed E-state index contributed by atoms with van der Waals surface area (Å²) in [7, 11) is 0. The number of hydrogen-bond acceptors (Lipinski definition) is 12. The molecule has 3 atom stereocenters. The van der Waals surface area contributed by atoms with E-state index in [1.807, 2.05) is 13.8 Å². The van der Waals surface area contributed by atoms with Gasteiger partial charge in [0.2, 0.25) is 6.29 Å².